The molecule has 28 heavy (non-hydrogen) atoms. The van der Waals surface area contributed by atoms with Crippen LogP contribution in [0.4, 0.5) is 5.69 Å². The third-order valence-electron chi connectivity index (χ3n) is 5.20. The van der Waals surface area contributed by atoms with E-state index >= 15 is 0 Å². The van der Waals surface area contributed by atoms with Gasteiger partial charge < -0.3 is 14.6 Å². The van der Waals surface area contributed by atoms with Crippen molar-refractivity contribution in [1.82, 2.24) is 14.8 Å². The number of hydrogen-bond acceptors (Lipinski definition) is 4. The van der Waals surface area contributed by atoms with E-state index in [1.807, 2.05) is 48.0 Å². The summed E-state index contributed by atoms with van der Waals surface area (Å²) < 4.78 is 7.24. The number of ether oxygens (including phenoxy) is 1. The van der Waals surface area contributed by atoms with Gasteiger partial charge in [0.2, 0.25) is 0 Å². The van der Waals surface area contributed by atoms with Crippen molar-refractivity contribution < 1.29 is 4.74 Å². The summed E-state index contributed by atoms with van der Waals surface area (Å²) in [5.41, 5.74) is 3.64. The third kappa shape index (κ3) is 2.95. The molecular weight excluding hydrogens is 376 g/mol. The van der Waals surface area contributed by atoms with Crippen molar-refractivity contribution in [1.29, 1.82) is 0 Å². The number of H-pyrrole nitrogens is 1. The summed E-state index contributed by atoms with van der Waals surface area (Å²) in [6.07, 6.45) is 0. The normalized spacial score (nSPS) is 14.4. The molecule has 0 aliphatic carbocycles. The monoisotopic (exact) mass is 396 g/mol. The fourth-order valence-electron chi connectivity index (χ4n) is 3.85. The van der Waals surface area contributed by atoms with Crippen LogP contribution in [0.15, 0.2) is 53.3 Å². The fraction of sp³-hybridized carbons (Fsp3) is 0.238. The highest BCUT2D eigenvalue weighted by atomic mass is 35.5. The van der Waals surface area contributed by atoms with Gasteiger partial charge in [0.1, 0.15) is 5.65 Å². The van der Waals surface area contributed by atoms with E-state index in [1.165, 1.54) is 5.69 Å². The minimum Gasteiger partial charge on any atom is -0.378 e. The molecule has 1 aliphatic heterocycles. The molecular formula is C21H21ClN4O2. The van der Waals surface area contributed by atoms with Crippen LogP contribution in [0, 0.1) is 6.92 Å². The summed E-state index contributed by atoms with van der Waals surface area (Å²) in [5, 5.41) is 7.32. The molecule has 0 spiro atoms. The van der Waals surface area contributed by atoms with E-state index in [2.05, 4.69) is 22.0 Å². The molecule has 7 heteroatoms. The smallest absolute Gasteiger partial charge is 0.257 e. The van der Waals surface area contributed by atoms with Gasteiger partial charge in [0, 0.05) is 34.9 Å². The molecule has 0 saturated carbocycles. The first-order valence-electron chi connectivity index (χ1n) is 9.16. The lowest BCUT2D eigenvalue weighted by Gasteiger charge is -2.28. The van der Waals surface area contributed by atoms with Crippen molar-refractivity contribution >= 4 is 39.9 Å². The second-order valence-electron chi connectivity index (χ2n) is 6.84. The highest BCUT2D eigenvalue weighted by Gasteiger charge is 2.15. The van der Waals surface area contributed by atoms with Crippen LogP contribution in [0.25, 0.3) is 27.5 Å². The Morgan fingerprint density at radius 3 is 2.32 bits per heavy atom. The molecule has 1 N–H and O–H groups in total. The molecule has 1 aliphatic rings. The summed E-state index contributed by atoms with van der Waals surface area (Å²) in [4.78, 5) is 17.9. The van der Waals surface area contributed by atoms with E-state index in [4.69, 9.17) is 9.84 Å². The van der Waals surface area contributed by atoms with Crippen molar-refractivity contribution in [2.24, 2.45) is 0 Å². The first kappa shape index (κ1) is 18.5. The van der Waals surface area contributed by atoms with E-state index in [0.29, 0.717) is 5.39 Å². The molecule has 0 radical (unpaired) electrons. The minimum absolute atomic E-state index is 0. The molecule has 2 aromatic carbocycles. The van der Waals surface area contributed by atoms with Crippen LogP contribution in [0.3, 0.4) is 0 Å². The molecule has 0 atom stereocenters. The zero-order chi connectivity index (χ0) is 18.4. The van der Waals surface area contributed by atoms with Gasteiger partial charge in [0.05, 0.1) is 24.6 Å². The first-order valence-corrected chi connectivity index (χ1v) is 9.16. The SMILES string of the molecule is Cc1nn(-c2ccc(N3CCOCC3)cc2)c2[nH]c(=O)c3ccccc3c12.Cl. The van der Waals surface area contributed by atoms with E-state index < -0.39 is 0 Å². The Hall–Kier alpha value is -2.83. The molecule has 3 heterocycles. The Morgan fingerprint density at radius 1 is 0.964 bits per heavy atom. The molecule has 4 aromatic rings. The molecule has 2 aromatic heterocycles. The van der Waals surface area contributed by atoms with Gasteiger partial charge in [-0.2, -0.15) is 5.10 Å². The summed E-state index contributed by atoms with van der Waals surface area (Å²) in [5.74, 6) is 0. The highest BCUT2D eigenvalue weighted by Crippen LogP contribution is 2.27. The third-order valence-corrected chi connectivity index (χ3v) is 5.20. The second kappa shape index (κ2) is 7.30. The Bertz CT molecular complexity index is 1190. The number of benzene rings is 2. The van der Waals surface area contributed by atoms with Crippen LogP contribution >= 0.6 is 12.4 Å². The molecule has 0 unspecified atom stereocenters. The van der Waals surface area contributed by atoms with Crippen LogP contribution in [-0.4, -0.2) is 41.1 Å². The lowest BCUT2D eigenvalue weighted by Crippen LogP contribution is -2.36. The van der Waals surface area contributed by atoms with E-state index in [0.717, 1.165) is 54.1 Å². The predicted octanol–water partition coefficient (Wildman–Crippen LogP) is 3.43. The molecule has 6 nitrogen and oxygen atoms in total. The van der Waals surface area contributed by atoms with Gasteiger partial charge in [0.15, 0.2) is 0 Å². The maximum atomic E-state index is 12.5. The van der Waals surface area contributed by atoms with Crippen molar-refractivity contribution in [3.05, 3.63) is 64.6 Å². The van der Waals surface area contributed by atoms with Crippen LogP contribution in [0.1, 0.15) is 5.69 Å². The topological polar surface area (TPSA) is 63.1 Å². The number of rotatable bonds is 2. The number of hydrogen-bond donors (Lipinski definition) is 1. The van der Waals surface area contributed by atoms with Gasteiger partial charge in [-0.3, -0.25) is 4.79 Å². The number of nitrogens with zero attached hydrogens (tertiary/aromatic N) is 3. The van der Waals surface area contributed by atoms with Crippen molar-refractivity contribution in [2.75, 3.05) is 31.2 Å². The van der Waals surface area contributed by atoms with Gasteiger partial charge in [-0.05, 0) is 37.3 Å². The first-order chi connectivity index (χ1) is 13.2. The largest absolute Gasteiger partial charge is 0.378 e. The van der Waals surface area contributed by atoms with E-state index in [-0.39, 0.29) is 18.0 Å². The minimum atomic E-state index is -0.0933. The number of anilines is 1. The summed E-state index contributed by atoms with van der Waals surface area (Å²) >= 11 is 0. The summed E-state index contributed by atoms with van der Waals surface area (Å²) in [6.45, 7) is 5.31. The maximum absolute atomic E-state index is 12.5. The van der Waals surface area contributed by atoms with E-state index in [1.54, 1.807) is 0 Å². The van der Waals surface area contributed by atoms with Crippen LogP contribution in [0.2, 0.25) is 0 Å². The Morgan fingerprint density at radius 2 is 1.61 bits per heavy atom. The number of pyridine rings is 1. The second-order valence-corrected chi connectivity index (χ2v) is 6.84. The number of aryl methyl sites for hydroxylation is 1. The van der Waals surface area contributed by atoms with Gasteiger partial charge in [-0.25, -0.2) is 4.68 Å². The van der Waals surface area contributed by atoms with Crippen molar-refractivity contribution in [2.45, 2.75) is 6.92 Å². The quantitative estimate of drug-likeness (QED) is 0.563. The van der Waals surface area contributed by atoms with Crippen molar-refractivity contribution in [3.63, 3.8) is 0 Å². The average molecular weight is 397 g/mol. The predicted molar refractivity (Wildman–Crippen MR) is 114 cm³/mol. The fourth-order valence-corrected chi connectivity index (χ4v) is 3.85. The molecule has 1 saturated heterocycles. The van der Waals surface area contributed by atoms with Crippen molar-refractivity contribution in [3.8, 4) is 5.69 Å². The van der Waals surface area contributed by atoms with Gasteiger partial charge >= 0.3 is 0 Å². The number of nitrogens with one attached hydrogen (secondary N) is 1. The molecule has 5 rings (SSSR count). The number of aromatic nitrogens is 3. The zero-order valence-electron chi connectivity index (χ0n) is 15.5. The number of morpholine rings is 1. The van der Waals surface area contributed by atoms with Crippen LogP contribution < -0.4 is 10.5 Å². The molecule has 1 fully saturated rings. The molecule has 144 valence electrons. The standard InChI is InChI=1S/C21H20N4O2.ClH/c1-14-19-17-4-2-3-5-18(17)21(26)22-20(19)25(23-14)16-8-6-15(7-9-16)24-10-12-27-13-11-24;/h2-9H,10-13H2,1H3,(H,22,26);1H. The Balaban J connectivity index is 0.00000192. The van der Waals surface area contributed by atoms with Gasteiger partial charge in [-0.1, -0.05) is 18.2 Å². The Kier molecular flexibility index (Phi) is 4.83. The maximum Gasteiger partial charge on any atom is 0.257 e. The van der Waals surface area contributed by atoms with Gasteiger partial charge in [0.25, 0.3) is 5.56 Å². The van der Waals surface area contributed by atoms with Crippen LogP contribution in [0.5, 0.6) is 0 Å². The lowest BCUT2D eigenvalue weighted by molar-refractivity contribution is 0.122. The van der Waals surface area contributed by atoms with E-state index in [9.17, 15) is 4.79 Å². The zero-order valence-corrected chi connectivity index (χ0v) is 16.3. The lowest BCUT2D eigenvalue weighted by atomic mass is 10.1. The van der Waals surface area contributed by atoms with Gasteiger partial charge in [-0.15, -0.1) is 12.4 Å². The average Bonchev–Trinajstić information content (AvgIpc) is 3.05. The van der Waals surface area contributed by atoms with Crippen LogP contribution in [-0.2, 0) is 4.74 Å². The Labute approximate surface area is 168 Å². The summed E-state index contributed by atoms with van der Waals surface area (Å²) in [6, 6.07) is 16.0. The molecule has 0 amide bonds. The number of halogens is 1. The number of aromatic amines is 1. The number of fused-ring (bicyclic) bond motifs is 3. The summed E-state index contributed by atoms with van der Waals surface area (Å²) in [7, 11) is 0. The molecule has 0 bridgehead atoms. The highest BCUT2D eigenvalue weighted by molar-refractivity contribution is 6.05.